The highest BCUT2D eigenvalue weighted by Crippen LogP contribution is 2.20. The Bertz CT molecular complexity index is 1080. The van der Waals surface area contributed by atoms with Gasteiger partial charge in [0.05, 0.1) is 11.2 Å². The number of aryl methyl sites for hydroxylation is 3. The molecule has 0 N–H and O–H groups in total. The summed E-state index contributed by atoms with van der Waals surface area (Å²) in [5.41, 5.74) is 3.73. The Labute approximate surface area is 149 Å². The first kappa shape index (κ1) is 15.7. The van der Waals surface area contributed by atoms with Gasteiger partial charge >= 0.3 is 0 Å². The minimum Gasteiger partial charge on any atom is -0.267 e. The average molecular weight is 347 g/mol. The molecule has 0 fully saturated rings. The van der Waals surface area contributed by atoms with Gasteiger partial charge in [-0.1, -0.05) is 24.3 Å². The average Bonchev–Trinajstić information content (AvgIpc) is 3.11. The highest BCUT2D eigenvalue weighted by atomic mass is 32.1. The van der Waals surface area contributed by atoms with Crippen LogP contribution in [-0.4, -0.2) is 14.5 Å². The van der Waals surface area contributed by atoms with Crippen molar-refractivity contribution in [3.63, 3.8) is 0 Å². The van der Waals surface area contributed by atoms with Crippen molar-refractivity contribution in [1.29, 1.82) is 0 Å². The van der Waals surface area contributed by atoms with Gasteiger partial charge in [0.2, 0.25) is 0 Å². The van der Waals surface area contributed by atoms with E-state index in [0.717, 1.165) is 34.7 Å². The number of hydrogen-bond acceptors (Lipinski definition) is 4. The van der Waals surface area contributed by atoms with Crippen LogP contribution in [0.15, 0.2) is 64.9 Å². The molecule has 0 amide bonds. The number of nitrogens with zero attached hydrogens (tertiary/aromatic N) is 3. The summed E-state index contributed by atoms with van der Waals surface area (Å²) in [6.07, 6.45) is 3.19. The molecular formula is C20H17N3OS. The molecule has 0 aliphatic heterocycles. The normalized spacial score (nSPS) is 11.1. The van der Waals surface area contributed by atoms with Gasteiger partial charge in [0.25, 0.3) is 5.56 Å². The maximum Gasteiger partial charge on any atom is 0.276 e. The highest BCUT2D eigenvalue weighted by Gasteiger charge is 2.15. The molecule has 0 atom stereocenters. The Morgan fingerprint density at radius 3 is 2.68 bits per heavy atom. The van der Waals surface area contributed by atoms with E-state index in [0.29, 0.717) is 11.1 Å². The van der Waals surface area contributed by atoms with Crippen molar-refractivity contribution >= 4 is 21.6 Å². The van der Waals surface area contributed by atoms with Crippen molar-refractivity contribution < 1.29 is 0 Å². The second-order valence-corrected chi connectivity index (χ2v) is 6.83. The standard InChI is InChI=1S/C20H17N3OS/c1-14-6-2-3-8-17(14)23-18(10-9-15-7-4-5-12-21-15)22-16-11-13-25-19(16)20(23)24/h2-8,11-13H,9-10H2,1H3. The molecule has 25 heavy (non-hydrogen) atoms. The molecule has 0 unspecified atom stereocenters. The Kier molecular flexibility index (Phi) is 4.15. The maximum atomic E-state index is 13.1. The Morgan fingerprint density at radius 2 is 1.88 bits per heavy atom. The quantitative estimate of drug-likeness (QED) is 0.562. The first-order valence-electron chi connectivity index (χ1n) is 8.19. The molecule has 4 rings (SSSR count). The minimum absolute atomic E-state index is 0.00493. The molecule has 0 aliphatic rings. The summed E-state index contributed by atoms with van der Waals surface area (Å²) in [4.78, 5) is 22.2. The molecular weight excluding hydrogens is 330 g/mol. The van der Waals surface area contributed by atoms with E-state index in [-0.39, 0.29) is 5.56 Å². The van der Waals surface area contributed by atoms with Crippen LogP contribution in [0, 0.1) is 6.92 Å². The molecule has 1 aromatic carbocycles. The monoisotopic (exact) mass is 347 g/mol. The number of pyridine rings is 1. The molecule has 0 spiro atoms. The zero-order valence-electron chi connectivity index (χ0n) is 13.8. The lowest BCUT2D eigenvalue weighted by atomic mass is 10.1. The van der Waals surface area contributed by atoms with E-state index >= 15 is 0 Å². The lowest BCUT2D eigenvalue weighted by molar-refractivity contribution is 0.776. The van der Waals surface area contributed by atoms with E-state index in [2.05, 4.69) is 4.98 Å². The SMILES string of the molecule is Cc1ccccc1-n1c(CCc2ccccn2)nc2ccsc2c1=O. The summed E-state index contributed by atoms with van der Waals surface area (Å²) >= 11 is 1.44. The van der Waals surface area contributed by atoms with Gasteiger partial charge in [-0.25, -0.2) is 4.98 Å². The van der Waals surface area contributed by atoms with E-state index in [4.69, 9.17) is 4.98 Å². The van der Waals surface area contributed by atoms with Crippen molar-refractivity contribution in [3.8, 4) is 5.69 Å². The van der Waals surface area contributed by atoms with E-state index < -0.39 is 0 Å². The predicted octanol–water partition coefficient (Wildman–Crippen LogP) is 3.94. The van der Waals surface area contributed by atoms with Gasteiger partial charge in [0, 0.05) is 18.3 Å². The number of aromatic nitrogens is 3. The minimum atomic E-state index is 0.00493. The number of fused-ring (bicyclic) bond motifs is 1. The van der Waals surface area contributed by atoms with Crippen LogP contribution in [0.5, 0.6) is 0 Å². The van der Waals surface area contributed by atoms with E-state index in [9.17, 15) is 4.79 Å². The smallest absolute Gasteiger partial charge is 0.267 e. The first-order valence-corrected chi connectivity index (χ1v) is 9.07. The van der Waals surface area contributed by atoms with Crippen molar-refractivity contribution in [2.45, 2.75) is 19.8 Å². The summed E-state index contributed by atoms with van der Waals surface area (Å²) in [6, 6.07) is 15.7. The van der Waals surface area contributed by atoms with Crippen molar-refractivity contribution in [2.75, 3.05) is 0 Å². The zero-order valence-corrected chi connectivity index (χ0v) is 14.7. The van der Waals surface area contributed by atoms with Crippen LogP contribution in [-0.2, 0) is 12.8 Å². The van der Waals surface area contributed by atoms with Crippen LogP contribution in [0.3, 0.4) is 0 Å². The van der Waals surface area contributed by atoms with Crippen LogP contribution < -0.4 is 5.56 Å². The van der Waals surface area contributed by atoms with Crippen molar-refractivity contribution in [3.05, 3.63) is 87.5 Å². The molecule has 0 aliphatic carbocycles. The summed E-state index contributed by atoms with van der Waals surface area (Å²) in [5.74, 6) is 0.774. The summed E-state index contributed by atoms with van der Waals surface area (Å²) in [7, 11) is 0. The molecule has 0 saturated heterocycles. The second kappa shape index (κ2) is 6.61. The lowest BCUT2D eigenvalue weighted by Crippen LogP contribution is -2.24. The largest absolute Gasteiger partial charge is 0.276 e. The van der Waals surface area contributed by atoms with Gasteiger partial charge in [-0.05, 0) is 48.6 Å². The fourth-order valence-electron chi connectivity index (χ4n) is 2.97. The number of rotatable bonds is 4. The fourth-order valence-corrected chi connectivity index (χ4v) is 3.73. The molecule has 5 heteroatoms. The third kappa shape index (κ3) is 2.98. The Balaban J connectivity index is 1.86. The molecule has 0 bridgehead atoms. The zero-order chi connectivity index (χ0) is 17.2. The van der Waals surface area contributed by atoms with Crippen molar-refractivity contribution in [2.24, 2.45) is 0 Å². The van der Waals surface area contributed by atoms with Gasteiger partial charge < -0.3 is 0 Å². The summed E-state index contributed by atoms with van der Waals surface area (Å²) < 4.78 is 2.46. The lowest BCUT2D eigenvalue weighted by Gasteiger charge is -2.14. The first-order chi connectivity index (χ1) is 12.2. The fraction of sp³-hybridized carbons (Fsp3) is 0.150. The van der Waals surface area contributed by atoms with Gasteiger partial charge in [0.15, 0.2) is 0 Å². The molecule has 3 heterocycles. The Morgan fingerprint density at radius 1 is 1.04 bits per heavy atom. The van der Waals surface area contributed by atoms with E-state index in [1.807, 2.05) is 60.8 Å². The van der Waals surface area contributed by atoms with Crippen molar-refractivity contribution in [1.82, 2.24) is 14.5 Å². The number of hydrogen-bond donors (Lipinski definition) is 0. The van der Waals surface area contributed by atoms with Gasteiger partial charge in [-0.2, -0.15) is 0 Å². The molecule has 4 nitrogen and oxygen atoms in total. The third-order valence-corrected chi connectivity index (χ3v) is 5.13. The Hall–Kier alpha value is -2.79. The second-order valence-electron chi connectivity index (χ2n) is 5.91. The molecule has 3 aromatic heterocycles. The van der Waals surface area contributed by atoms with E-state index in [1.54, 1.807) is 10.8 Å². The molecule has 0 radical (unpaired) electrons. The maximum absolute atomic E-state index is 13.1. The molecule has 0 saturated carbocycles. The third-order valence-electron chi connectivity index (χ3n) is 4.24. The molecule has 4 aromatic rings. The number of benzene rings is 1. The van der Waals surface area contributed by atoms with Crippen LogP contribution in [0.1, 0.15) is 17.1 Å². The van der Waals surface area contributed by atoms with Crippen LogP contribution in [0.25, 0.3) is 15.9 Å². The van der Waals surface area contributed by atoms with Crippen LogP contribution >= 0.6 is 11.3 Å². The van der Waals surface area contributed by atoms with E-state index in [1.165, 1.54) is 11.3 Å². The number of para-hydroxylation sites is 1. The number of thiophene rings is 1. The van der Waals surface area contributed by atoms with Gasteiger partial charge in [-0.15, -0.1) is 11.3 Å². The summed E-state index contributed by atoms with van der Waals surface area (Å²) in [5, 5.41) is 1.92. The van der Waals surface area contributed by atoms with Crippen LogP contribution in [0.2, 0.25) is 0 Å². The van der Waals surface area contributed by atoms with Crippen LogP contribution in [0.4, 0.5) is 0 Å². The van der Waals surface area contributed by atoms with Gasteiger partial charge in [0.1, 0.15) is 10.5 Å². The predicted molar refractivity (Wildman–Crippen MR) is 102 cm³/mol. The van der Waals surface area contributed by atoms with Gasteiger partial charge in [-0.3, -0.25) is 14.3 Å². The summed E-state index contributed by atoms with van der Waals surface area (Å²) in [6.45, 7) is 2.02. The highest BCUT2D eigenvalue weighted by molar-refractivity contribution is 7.17. The topological polar surface area (TPSA) is 47.8 Å². The molecule has 124 valence electrons.